The standard InChI is InChI=1S/C17H28N2O2/c1-13-6-5-9-19(13)17(2,12-18)11-14-7-8-15(20-3)16(10-14)21-4/h7-8,10,13H,5-6,9,11-12,18H2,1-4H3. The quantitative estimate of drug-likeness (QED) is 0.875. The Morgan fingerprint density at radius 2 is 2.00 bits per heavy atom. The predicted octanol–water partition coefficient (Wildman–Crippen LogP) is 2.45. The molecular formula is C17H28N2O2. The van der Waals surface area contributed by atoms with E-state index < -0.39 is 0 Å². The molecule has 4 nitrogen and oxygen atoms in total. The summed E-state index contributed by atoms with van der Waals surface area (Å²) in [6.45, 7) is 6.37. The second-order valence-corrected chi connectivity index (χ2v) is 6.25. The van der Waals surface area contributed by atoms with E-state index in [1.807, 2.05) is 6.07 Å². The Morgan fingerprint density at radius 1 is 1.29 bits per heavy atom. The second-order valence-electron chi connectivity index (χ2n) is 6.25. The maximum atomic E-state index is 6.13. The van der Waals surface area contributed by atoms with Crippen LogP contribution in [-0.2, 0) is 6.42 Å². The highest BCUT2D eigenvalue weighted by atomic mass is 16.5. The predicted molar refractivity (Wildman–Crippen MR) is 86.1 cm³/mol. The third-order valence-corrected chi connectivity index (χ3v) is 4.72. The molecule has 1 aliphatic rings. The highest BCUT2D eigenvalue weighted by Gasteiger charge is 2.36. The third kappa shape index (κ3) is 3.33. The van der Waals surface area contributed by atoms with Gasteiger partial charge in [-0.2, -0.15) is 0 Å². The van der Waals surface area contributed by atoms with E-state index in [9.17, 15) is 0 Å². The Labute approximate surface area is 128 Å². The van der Waals surface area contributed by atoms with Gasteiger partial charge in [-0.25, -0.2) is 0 Å². The summed E-state index contributed by atoms with van der Waals surface area (Å²) in [7, 11) is 3.33. The molecule has 2 rings (SSSR count). The van der Waals surface area contributed by atoms with E-state index in [4.69, 9.17) is 15.2 Å². The zero-order valence-electron chi connectivity index (χ0n) is 13.7. The van der Waals surface area contributed by atoms with Gasteiger partial charge in [-0.3, -0.25) is 4.90 Å². The summed E-state index contributed by atoms with van der Waals surface area (Å²) in [5, 5.41) is 0. The van der Waals surface area contributed by atoms with Gasteiger partial charge in [0.05, 0.1) is 14.2 Å². The van der Waals surface area contributed by atoms with Gasteiger partial charge in [0.1, 0.15) is 0 Å². The summed E-state index contributed by atoms with van der Waals surface area (Å²) in [6.07, 6.45) is 3.46. The minimum Gasteiger partial charge on any atom is -0.493 e. The first-order valence-electron chi connectivity index (χ1n) is 7.72. The summed E-state index contributed by atoms with van der Waals surface area (Å²) < 4.78 is 10.7. The summed E-state index contributed by atoms with van der Waals surface area (Å²) in [4.78, 5) is 2.56. The molecule has 2 unspecified atom stereocenters. The molecule has 1 saturated heterocycles. The Balaban J connectivity index is 2.21. The van der Waals surface area contributed by atoms with Gasteiger partial charge in [-0.15, -0.1) is 0 Å². The van der Waals surface area contributed by atoms with Crippen LogP contribution in [0.25, 0.3) is 0 Å². The average Bonchev–Trinajstić information content (AvgIpc) is 2.93. The van der Waals surface area contributed by atoms with Crippen molar-refractivity contribution in [3.05, 3.63) is 23.8 Å². The molecule has 1 aromatic rings. The van der Waals surface area contributed by atoms with E-state index in [1.165, 1.54) is 18.4 Å². The highest BCUT2D eigenvalue weighted by Crippen LogP contribution is 2.32. The first-order chi connectivity index (χ1) is 10.0. The fourth-order valence-corrected chi connectivity index (χ4v) is 3.46. The monoisotopic (exact) mass is 292 g/mol. The Morgan fingerprint density at radius 3 is 2.52 bits per heavy atom. The molecule has 0 aromatic heterocycles. The minimum absolute atomic E-state index is 0.00445. The molecule has 2 N–H and O–H groups in total. The normalized spacial score (nSPS) is 22.0. The van der Waals surface area contributed by atoms with Crippen LogP contribution in [0.5, 0.6) is 11.5 Å². The van der Waals surface area contributed by atoms with Crippen LogP contribution in [0.15, 0.2) is 18.2 Å². The largest absolute Gasteiger partial charge is 0.493 e. The highest BCUT2D eigenvalue weighted by molar-refractivity contribution is 5.43. The van der Waals surface area contributed by atoms with Crippen molar-refractivity contribution in [3.8, 4) is 11.5 Å². The number of benzene rings is 1. The molecule has 0 spiro atoms. The van der Waals surface area contributed by atoms with Crippen molar-refractivity contribution < 1.29 is 9.47 Å². The van der Waals surface area contributed by atoms with E-state index in [1.54, 1.807) is 14.2 Å². The number of nitrogens with zero attached hydrogens (tertiary/aromatic N) is 1. The van der Waals surface area contributed by atoms with Gasteiger partial charge in [0, 0.05) is 18.1 Å². The van der Waals surface area contributed by atoms with Gasteiger partial charge >= 0.3 is 0 Å². The average molecular weight is 292 g/mol. The van der Waals surface area contributed by atoms with Crippen LogP contribution >= 0.6 is 0 Å². The number of likely N-dealkylation sites (tertiary alicyclic amines) is 1. The zero-order valence-corrected chi connectivity index (χ0v) is 13.7. The van der Waals surface area contributed by atoms with Gasteiger partial charge in [0.2, 0.25) is 0 Å². The lowest BCUT2D eigenvalue weighted by atomic mass is 9.90. The molecule has 1 fully saturated rings. The lowest BCUT2D eigenvalue weighted by Crippen LogP contribution is -2.54. The van der Waals surface area contributed by atoms with Crippen LogP contribution < -0.4 is 15.2 Å². The Kier molecular flexibility index (Phi) is 5.12. The number of ether oxygens (including phenoxy) is 2. The van der Waals surface area contributed by atoms with Gasteiger partial charge in [0.25, 0.3) is 0 Å². The summed E-state index contributed by atoms with van der Waals surface area (Å²) in [6, 6.07) is 6.75. The zero-order chi connectivity index (χ0) is 15.5. The van der Waals surface area contributed by atoms with E-state index in [0.717, 1.165) is 24.5 Å². The van der Waals surface area contributed by atoms with Crippen LogP contribution in [0.4, 0.5) is 0 Å². The van der Waals surface area contributed by atoms with Gasteiger partial charge < -0.3 is 15.2 Å². The molecule has 0 radical (unpaired) electrons. The van der Waals surface area contributed by atoms with E-state index in [2.05, 4.69) is 30.9 Å². The maximum Gasteiger partial charge on any atom is 0.160 e. The lowest BCUT2D eigenvalue weighted by Gasteiger charge is -2.41. The minimum atomic E-state index is -0.00445. The topological polar surface area (TPSA) is 47.7 Å². The van der Waals surface area contributed by atoms with Crippen molar-refractivity contribution in [1.29, 1.82) is 0 Å². The molecule has 2 atom stereocenters. The molecule has 21 heavy (non-hydrogen) atoms. The van der Waals surface area contributed by atoms with Crippen LogP contribution in [0.1, 0.15) is 32.3 Å². The van der Waals surface area contributed by atoms with Gasteiger partial charge in [0.15, 0.2) is 11.5 Å². The summed E-state index contributed by atoms with van der Waals surface area (Å²) in [5.41, 5.74) is 7.36. The fraction of sp³-hybridized carbons (Fsp3) is 0.647. The molecular weight excluding hydrogens is 264 g/mol. The molecule has 4 heteroatoms. The number of hydrogen-bond donors (Lipinski definition) is 1. The smallest absolute Gasteiger partial charge is 0.160 e. The van der Waals surface area contributed by atoms with E-state index in [0.29, 0.717) is 12.6 Å². The summed E-state index contributed by atoms with van der Waals surface area (Å²) >= 11 is 0. The van der Waals surface area contributed by atoms with Gasteiger partial charge in [-0.05, 0) is 57.4 Å². The summed E-state index contributed by atoms with van der Waals surface area (Å²) in [5.74, 6) is 1.55. The van der Waals surface area contributed by atoms with Crippen LogP contribution in [0.3, 0.4) is 0 Å². The van der Waals surface area contributed by atoms with Crippen molar-refractivity contribution in [1.82, 2.24) is 4.90 Å². The van der Waals surface area contributed by atoms with Crippen molar-refractivity contribution in [3.63, 3.8) is 0 Å². The Hall–Kier alpha value is -1.26. The fourth-order valence-electron chi connectivity index (χ4n) is 3.46. The molecule has 0 bridgehead atoms. The SMILES string of the molecule is COc1ccc(CC(C)(CN)N2CCCC2C)cc1OC. The number of rotatable bonds is 6. The molecule has 0 saturated carbocycles. The molecule has 118 valence electrons. The van der Waals surface area contributed by atoms with Crippen molar-refractivity contribution >= 4 is 0 Å². The lowest BCUT2D eigenvalue weighted by molar-refractivity contribution is 0.103. The van der Waals surface area contributed by atoms with E-state index in [-0.39, 0.29) is 5.54 Å². The third-order valence-electron chi connectivity index (χ3n) is 4.72. The molecule has 0 aliphatic carbocycles. The Bertz CT molecular complexity index is 478. The first kappa shape index (κ1) is 16.1. The van der Waals surface area contributed by atoms with Crippen molar-refractivity contribution in [2.45, 2.75) is 44.7 Å². The molecule has 1 heterocycles. The van der Waals surface area contributed by atoms with Crippen LogP contribution in [0.2, 0.25) is 0 Å². The van der Waals surface area contributed by atoms with Crippen LogP contribution in [-0.4, -0.2) is 43.8 Å². The molecule has 0 amide bonds. The maximum absolute atomic E-state index is 6.13. The number of methoxy groups -OCH3 is 2. The van der Waals surface area contributed by atoms with E-state index >= 15 is 0 Å². The van der Waals surface area contributed by atoms with Crippen LogP contribution in [0, 0.1) is 0 Å². The van der Waals surface area contributed by atoms with Crippen molar-refractivity contribution in [2.24, 2.45) is 5.73 Å². The first-order valence-corrected chi connectivity index (χ1v) is 7.72. The molecule has 1 aliphatic heterocycles. The van der Waals surface area contributed by atoms with Crippen molar-refractivity contribution in [2.75, 3.05) is 27.3 Å². The molecule has 1 aromatic carbocycles. The number of hydrogen-bond acceptors (Lipinski definition) is 4. The second kappa shape index (κ2) is 6.67. The van der Waals surface area contributed by atoms with Gasteiger partial charge in [-0.1, -0.05) is 6.07 Å². The number of nitrogens with two attached hydrogens (primary N) is 1.